The van der Waals surface area contributed by atoms with E-state index < -0.39 is 19.9 Å². The van der Waals surface area contributed by atoms with Gasteiger partial charge in [0.15, 0.2) is 5.56 Å². The van der Waals surface area contributed by atoms with Crippen molar-refractivity contribution in [1.82, 2.24) is 9.55 Å². The van der Waals surface area contributed by atoms with E-state index in [1.54, 1.807) is 0 Å². The minimum Gasteiger partial charge on any atom is -0.465 e. The van der Waals surface area contributed by atoms with Crippen LogP contribution in [0, 0.1) is 15.5 Å². The maximum atomic E-state index is 13.2. The van der Waals surface area contributed by atoms with Crippen molar-refractivity contribution in [3.63, 3.8) is 0 Å². The molecule has 9 nitrogen and oxygen atoms in total. The number of aromatic nitrogens is 2. The van der Waals surface area contributed by atoms with Gasteiger partial charge in [0.1, 0.15) is 9.88 Å². The lowest BCUT2D eigenvalue weighted by atomic mass is 9.84. The second-order valence-electron chi connectivity index (χ2n) is 12.6. The van der Waals surface area contributed by atoms with Gasteiger partial charge in [-0.1, -0.05) is 46.1 Å². The van der Waals surface area contributed by atoms with Crippen LogP contribution in [-0.2, 0) is 9.16 Å². The van der Waals surface area contributed by atoms with Gasteiger partial charge in [-0.2, -0.15) is 0 Å². The molecule has 0 N–H and O–H groups in total. The van der Waals surface area contributed by atoms with Gasteiger partial charge in [-0.25, -0.2) is 9.78 Å². The predicted octanol–water partition coefficient (Wildman–Crippen LogP) is 7.62. The molecule has 1 unspecified atom stereocenters. The van der Waals surface area contributed by atoms with Gasteiger partial charge in [-0.05, 0) is 56.3 Å². The van der Waals surface area contributed by atoms with E-state index in [1.807, 2.05) is 24.5 Å². The lowest BCUT2D eigenvalue weighted by Crippen LogP contribution is -2.49. The van der Waals surface area contributed by atoms with Crippen LogP contribution in [-0.4, -0.2) is 55.3 Å². The molecule has 1 saturated carbocycles. The van der Waals surface area contributed by atoms with Crippen molar-refractivity contribution < 1.29 is 18.9 Å². The molecule has 2 aliphatic rings. The number of methoxy groups -OCH3 is 1. The zero-order valence-corrected chi connectivity index (χ0v) is 26.8. The van der Waals surface area contributed by atoms with Crippen LogP contribution in [0.15, 0.2) is 24.5 Å². The van der Waals surface area contributed by atoms with Gasteiger partial charge >= 0.3 is 11.7 Å². The number of carbonyl (C=O) groups excluding carboxylic acids is 1. The third kappa shape index (κ3) is 5.81. The summed E-state index contributed by atoms with van der Waals surface area (Å²) in [6.45, 7) is 11.5. The number of anilines is 1. The van der Waals surface area contributed by atoms with Crippen LogP contribution in [0.1, 0.15) is 82.1 Å². The molecule has 3 heterocycles. The fourth-order valence-electron chi connectivity index (χ4n) is 6.54. The minimum absolute atomic E-state index is 0.00178. The van der Waals surface area contributed by atoms with Crippen LogP contribution in [0.4, 0.5) is 10.7 Å². The Bertz CT molecular complexity index is 1420. The summed E-state index contributed by atoms with van der Waals surface area (Å²) in [7, 11) is 0.275. The molecule has 11 heteroatoms. The van der Waals surface area contributed by atoms with Crippen molar-refractivity contribution in [3.8, 4) is 10.4 Å². The predicted molar refractivity (Wildman–Crippen MR) is 165 cm³/mol. The second-order valence-corrected chi connectivity index (χ2v) is 15.6. The van der Waals surface area contributed by atoms with Gasteiger partial charge in [0, 0.05) is 18.2 Å². The first-order chi connectivity index (χ1) is 19.5. The average Bonchev–Trinajstić information content (AvgIpc) is 3.67. The standard InChI is InChI=1S/C30H41N4O5SSi/c1-30(2,3)27(39-41(5)6)23-13-10-16-32(23)28-24(29(35)38-4)25(34(36)37)26(40-28)19-14-15-22-21(17-19)31-18-33(22)20-11-8-7-9-12-20/h14-15,17-18,20,23,27H,7-13,16H2,1-6H3/t23-,27?/m1/s1. The number of ether oxygens (including phenoxy) is 1. The zero-order chi connectivity index (χ0) is 29.5. The van der Waals surface area contributed by atoms with Crippen molar-refractivity contribution in [1.29, 1.82) is 0 Å². The first kappa shape index (κ1) is 29.7. The largest absolute Gasteiger partial charge is 0.465 e. The molecular weight excluding hydrogens is 557 g/mol. The molecule has 1 aliphatic carbocycles. The van der Waals surface area contributed by atoms with E-state index in [-0.39, 0.29) is 28.8 Å². The molecule has 2 fully saturated rings. The van der Waals surface area contributed by atoms with Crippen molar-refractivity contribution in [2.75, 3.05) is 18.6 Å². The Hall–Kier alpha value is -2.76. The molecule has 1 aromatic carbocycles. The Balaban J connectivity index is 1.62. The van der Waals surface area contributed by atoms with Crippen LogP contribution in [0.2, 0.25) is 13.1 Å². The molecule has 0 bridgehead atoms. The normalized spacial score (nSPS) is 19.3. The third-order valence-electron chi connectivity index (χ3n) is 8.37. The van der Waals surface area contributed by atoms with Crippen LogP contribution >= 0.6 is 11.3 Å². The number of rotatable bonds is 8. The van der Waals surface area contributed by atoms with Gasteiger partial charge in [0.05, 0.1) is 41.5 Å². The van der Waals surface area contributed by atoms with E-state index in [4.69, 9.17) is 9.16 Å². The minimum atomic E-state index is -1.01. The smallest absolute Gasteiger partial charge is 0.347 e. The molecule has 1 aliphatic heterocycles. The van der Waals surface area contributed by atoms with E-state index in [9.17, 15) is 14.9 Å². The summed E-state index contributed by atoms with van der Waals surface area (Å²) in [4.78, 5) is 32.7. The molecular formula is C30H41N4O5SSi. The van der Waals surface area contributed by atoms with E-state index in [1.165, 1.54) is 37.7 Å². The Morgan fingerprint density at radius 2 is 1.90 bits per heavy atom. The Morgan fingerprint density at radius 1 is 1.17 bits per heavy atom. The topological polar surface area (TPSA) is 99.7 Å². The molecule has 221 valence electrons. The van der Waals surface area contributed by atoms with Crippen LogP contribution < -0.4 is 4.90 Å². The number of thiophene rings is 1. The zero-order valence-electron chi connectivity index (χ0n) is 24.9. The number of hydrogen-bond acceptors (Lipinski definition) is 8. The van der Waals surface area contributed by atoms with Crippen molar-refractivity contribution in [2.24, 2.45) is 5.41 Å². The monoisotopic (exact) mass is 597 g/mol. The first-order valence-electron chi connectivity index (χ1n) is 14.6. The number of nitrogens with zero attached hydrogens (tertiary/aromatic N) is 4. The quantitative estimate of drug-likeness (QED) is 0.114. The molecule has 0 spiro atoms. The number of benzene rings is 1. The van der Waals surface area contributed by atoms with Gasteiger partial charge in [0.25, 0.3) is 0 Å². The average molecular weight is 598 g/mol. The van der Waals surface area contributed by atoms with Crippen molar-refractivity contribution >= 4 is 48.1 Å². The Labute approximate surface area is 247 Å². The number of carbonyl (C=O) groups is 1. The molecule has 3 aromatic rings. The number of fused-ring (bicyclic) bond motifs is 1. The van der Waals surface area contributed by atoms with Crippen molar-refractivity contribution in [2.45, 2.75) is 97.0 Å². The van der Waals surface area contributed by atoms with Crippen LogP contribution in [0.25, 0.3) is 21.5 Å². The van der Waals surface area contributed by atoms with Gasteiger partial charge in [-0.3, -0.25) is 10.1 Å². The number of hydrogen-bond donors (Lipinski definition) is 0. The molecule has 5 rings (SSSR count). The molecule has 1 radical (unpaired) electrons. The van der Waals surface area contributed by atoms with E-state index in [0.29, 0.717) is 28.0 Å². The summed E-state index contributed by atoms with van der Waals surface area (Å²) >= 11 is 1.30. The maximum Gasteiger partial charge on any atom is 0.347 e. The van der Waals surface area contributed by atoms with Crippen molar-refractivity contribution in [3.05, 3.63) is 40.2 Å². The van der Waals surface area contributed by atoms with E-state index >= 15 is 0 Å². The molecule has 2 atom stereocenters. The highest BCUT2D eigenvalue weighted by Crippen LogP contribution is 2.50. The molecule has 0 amide bonds. The van der Waals surface area contributed by atoms with Gasteiger partial charge < -0.3 is 18.6 Å². The summed E-state index contributed by atoms with van der Waals surface area (Å²) in [5.74, 6) is -0.688. The Kier molecular flexibility index (Phi) is 8.59. The SMILES string of the molecule is COC(=O)c1c(N2CCC[C@@H]2C(O[Si](C)C)C(C)(C)C)sc(-c2ccc3c(c2)ncn3C2CCCCC2)c1[N+](=O)[O-]. The lowest BCUT2D eigenvalue weighted by molar-refractivity contribution is -0.384. The highest BCUT2D eigenvalue weighted by molar-refractivity contribution is 7.20. The Morgan fingerprint density at radius 3 is 2.54 bits per heavy atom. The highest BCUT2D eigenvalue weighted by atomic mass is 32.1. The summed E-state index contributed by atoms with van der Waals surface area (Å²) in [6, 6.07) is 6.30. The number of nitro groups is 1. The maximum absolute atomic E-state index is 13.2. The lowest BCUT2D eigenvalue weighted by Gasteiger charge is -2.41. The fraction of sp³-hybridized carbons (Fsp3) is 0.600. The summed E-state index contributed by atoms with van der Waals surface area (Å²) in [6.07, 6.45) is 9.64. The summed E-state index contributed by atoms with van der Waals surface area (Å²) < 4.78 is 13.9. The third-order valence-corrected chi connectivity index (χ3v) is 10.4. The van der Waals surface area contributed by atoms with E-state index in [0.717, 1.165) is 36.7 Å². The number of imidazole rings is 1. The highest BCUT2D eigenvalue weighted by Gasteiger charge is 2.44. The fourth-order valence-corrected chi connectivity index (χ4v) is 8.89. The molecule has 41 heavy (non-hydrogen) atoms. The van der Waals surface area contributed by atoms with Crippen LogP contribution in [0.5, 0.6) is 0 Å². The summed E-state index contributed by atoms with van der Waals surface area (Å²) in [5.41, 5.74) is 2.22. The molecule has 2 aromatic heterocycles. The van der Waals surface area contributed by atoms with Gasteiger partial charge in [0.2, 0.25) is 9.04 Å². The van der Waals surface area contributed by atoms with Gasteiger partial charge in [-0.15, -0.1) is 11.3 Å². The summed E-state index contributed by atoms with van der Waals surface area (Å²) in [5, 5.41) is 13.2. The second kappa shape index (κ2) is 11.8. The first-order valence-corrected chi connectivity index (χ1v) is 17.8. The van der Waals surface area contributed by atoms with E-state index in [2.05, 4.69) is 48.3 Å². The molecule has 1 saturated heterocycles. The van der Waals surface area contributed by atoms with Crippen LogP contribution in [0.3, 0.4) is 0 Å². The number of esters is 1.